The number of pyridine rings is 1. The molecular formula is C22H28FN3O4. The highest BCUT2D eigenvalue weighted by molar-refractivity contribution is 5.85. The van der Waals surface area contributed by atoms with Crippen molar-refractivity contribution in [1.29, 1.82) is 0 Å². The first kappa shape index (κ1) is 20.7. The standard InChI is InChI=1S/C22H28FN3O4/c1-13-11-24(7-8-26(13)22(2,3)4)18-10-17-15(9-16(18)23)20(27)19(30-21(28)29)12-25(17)14-5-6-14/h9-10,12-14H,5-8,11H2,1-4H3,(H,28,29). The molecule has 0 radical (unpaired) electrons. The molecule has 7 nitrogen and oxygen atoms in total. The fraction of sp³-hybridized carbons (Fsp3) is 0.545. The number of rotatable bonds is 3. The van der Waals surface area contributed by atoms with Crippen molar-refractivity contribution < 1.29 is 19.0 Å². The molecule has 2 heterocycles. The summed E-state index contributed by atoms with van der Waals surface area (Å²) in [6.45, 7) is 10.9. The zero-order valence-electron chi connectivity index (χ0n) is 17.8. The number of nitrogens with zero attached hydrogens (tertiary/aromatic N) is 3. The number of aromatic nitrogens is 1. The molecular weight excluding hydrogens is 389 g/mol. The van der Waals surface area contributed by atoms with Crippen molar-refractivity contribution in [2.45, 2.75) is 58.2 Å². The van der Waals surface area contributed by atoms with E-state index in [4.69, 9.17) is 5.11 Å². The zero-order chi connectivity index (χ0) is 21.8. The molecule has 2 aromatic rings. The molecule has 1 unspecified atom stereocenters. The zero-order valence-corrected chi connectivity index (χ0v) is 17.8. The minimum atomic E-state index is -1.56. The molecule has 2 aliphatic rings. The van der Waals surface area contributed by atoms with Gasteiger partial charge in [-0.25, -0.2) is 9.18 Å². The van der Waals surface area contributed by atoms with Crippen LogP contribution in [0.2, 0.25) is 0 Å². The number of anilines is 1. The van der Waals surface area contributed by atoms with E-state index in [9.17, 15) is 9.59 Å². The van der Waals surface area contributed by atoms with Gasteiger partial charge in [0.1, 0.15) is 5.82 Å². The van der Waals surface area contributed by atoms with Crippen LogP contribution < -0.4 is 15.1 Å². The summed E-state index contributed by atoms with van der Waals surface area (Å²) in [7, 11) is 0. The number of fused-ring (bicyclic) bond motifs is 1. The summed E-state index contributed by atoms with van der Waals surface area (Å²) in [5, 5.41) is 9.07. The molecule has 30 heavy (non-hydrogen) atoms. The first-order chi connectivity index (χ1) is 14.1. The summed E-state index contributed by atoms with van der Waals surface area (Å²) < 4.78 is 21.6. The molecule has 1 N–H and O–H groups in total. The normalized spacial score (nSPS) is 20.6. The van der Waals surface area contributed by atoms with Crippen molar-refractivity contribution in [2.75, 3.05) is 24.5 Å². The minimum absolute atomic E-state index is 0.0421. The summed E-state index contributed by atoms with van der Waals surface area (Å²) in [5.41, 5.74) is 0.521. The summed E-state index contributed by atoms with van der Waals surface area (Å²) in [5.74, 6) is -0.771. The maximum absolute atomic E-state index is 15.1. The van der Waals surface area contributed by atoms with E-state index in [2.05, 4.69) is 37.3 Å². The number of piperazine rings is 1. The molecule has 2 fully saturated rings. The van der Waals surface area contributed by atoms with Crippen molar-refractivity contribution in [3.8, 4) is 5.75 Å². The predicted octanol–water partition coefficient (Wildman–Crippen LogP) is 3.84. The van der Waals surface area contributed by atoms with Gasteiger partial charge in [0, 0.05) is 37.3 Å². The molecule has 1 saturated heterocycles. The number of ether oxygens (including phenoxy) is 1. The molecule has 0 spiro atoms. The van der Waals surface area contributed by atoms with E-state index >= 15 is 4.39 Å². The highest BCUT2D eigenvalue weighted by Gasteiger charge is 2.33. The maximum atomic E-state index is 15.1. The van der Waals surface area contributed by atoms with Gasteiger partial charge in [0.05, 0.1) is 22.8 Å². The summed E-state index contributed by atoms with van der Waals surface area (Å²) in [6.07, 6.45) is 1.74. The minimum Gasteiger partial charge on any atom is -0.449 e. The smallest absolute Gasteiger partial charge is 0.449 e. The Hall–Kier alpha value is -2.61. The summed E-state index contributed by atoms with van der Waals surface area (Å²) in [6, 6.07) is 3.38. The maximum Gasteiger partial charge on any atom is 0.511 e. The molecule has 1 aromatic heterocycles. The molecule has 8 heteroatoms. The Labute approximate surface area is 174 Å². The lowest BCUT2D eigenvalue weighted by Gasteiger charge is -2.47. The second-order valence-corrected chi connectivity index (χ2v) is 9.31. The topological polar surface area (TPSA) is 75.0 Å². The Bertz CT molecular complexity index is 1050. The van der Waals surface area contributed by atoms with Gasteiger partial charge in [-0.2, -0.15) is 0 Å². The van der Waals surface area contributed by atoms with Crippen molar-refractivity contribution in [3.63, 3.8) is 0 Å². The lowest BCUT2D eigenvalue weighted by Crippen LogP contribution is -2.58. The van der Waals surface area contributed by atoms with Crippen molar-refractivity contribution in [3.05, 3.63) is 34.4 Å². The van der Waals surface area contributed by atoms with Crippen molar-refractivity contribution in [2.24, 2.45) is 0 Å². The third kappa shape index (κ3) is 3.76. The van der Waals surface area contributed by atoms with Gasteiger partial charge >= 0.3 is 6.16 Å². The van der Waals surface area contributed by atoms with E-state index in [0.717, 1.165) is 19.4 Å². The van der Waals surface area contributed by atoms with E-state index in [0.29, 0.717) is 24.3 Å². The van der Waals surface area contributed by atoms with Crippen LogP contribution in [0.25, 0.3) is 10.9 Å². The highest BCUT2D eigenvalue weighted by atomic mass is 19.1. The predicted molar refractivity (Wildman–Crippen MR) is 113 cm³/mol. The number of hydrogen-bond donors (Lipinski definition) is 1. The third-order valence-corrected chi connectivity index (χ3v) is 6.04. The number of halogens is 1. The Kier molecular flexibility index (Phi) is 5.00. The Balaban J connectivity index is 1.76. The average Bonchev–Trinajstić information content (AvgIpc) is 3.47. The van der Waals surface area contributed by atoms with Crippen LogP contribution in [0.5, 0.6) is 5.75 Å². The van der Waals surface area contributed by atoms with Gasteiger partial charge in [-0.1, -0.05) is 0 Å². The van der Waals surface area contributed by atoms with E-state index in [1.165, 1.54) is 12.3 Å². The largest absolute Gasteiger partial charge is 0.511 e. The van der Waals surface area contributed by atoms with Gasteiger partial charge < -0.3 is 19.3 Å². The van der Waals surface area contributed by atoms with Gasteiger partial charge in [-0.15, -0.1) is 0 Å². The molecule has 1 aromatic carbocycles. The molecule has 1 aliphatic carbocycles. The van der Waals surface area contributed by atoms with Crippen LogP contribution in [0.4, 0.5) is 14.9 Å². The number of hydrogen-bond acceptors (Lipinski definition) is 5. The van der Waals surface area contributed by atoms with Crippen LogP contribution in [-0.2, 0) is 0 Å². The third-order valence-electron chi connectivity index (χ3n) is 6.04. The van der Waals surface area contributed by atoms with Crippen molar-refractivity contribution in [1.82, 2.24) is 9.47 Å². The molecule has 162 valence electrons. The van der Waals surface area contributed by atoms with Crippen LogP contribution in [-0.4, -0.2) is 51.9 Å². The van der Waals surface area contributed by atoms with Crippen LogP contribution >= 0.6 is 0 Å². The van der Waals surface area contributed by atoms with Crippen LogP contribution in [0, 0.1) is 5.82 Å². The van der Waals surface area contributed by atoms with Gasteiger partial charge in [0.25, 0.3) is 0 Å². The van der Waals surface area contributed by atoms with Crippen LogP contribution in [0.15, 0.2) is 23.1 Å². The number of carboxylic acid groups (broad SMARTS) is 1. The van der Waals surface area contributed by atoms with E-state index in [-0.39, 0.29) is 28.8 Å². The van der Waals surface area contributed by atoms with Crippen LogP contribution in [0.1, 0.15) is 46.6 Å². The lowest BCUT2D eigenvalue weighted by molar-refractivity contribution is 0.0797. The van der Waals surface area contributed by atoms with Crippen LogP contribution in [0.3, 0.4) is 0 Å². The van der Waals surface area contributed by atoms with Gasteiger partial charge in [-0.05, 0) is 52.7 Å². The average molecular weight is 417 g/mol. The Morgan fingerprint density at radius 3 is 2.50 bits per heavy atom. The molecule has 0 amide bonds. The lowest BCUT2D eigenvalue weighted by atomic mass is 10.0. The number of carbonyl (C=O) groups is 1. The van der Waals surface area contributed by atoms with Gasteiger partial charge in [0.2, 0.25) is 5.43 Å². The Morgan fingerprint density at radius 1 is 1.23 bits per heavy atom. The molecule has 1 atom stereocenters. The SMILES string of the molecule is CC1CN(c2cc3c(cc2F)c(=O)c(OC(=O)O)cn3C2CC2)CCN1C(C)(C)C. The van der Waals surface area contributed by atoms with E-state index < -0.39 is 17.4 Å². The number of benzene rings is 1. The fourth-order valence-electron chi connectivity index (χ4n) is 4.57. The van der Waals surface area contributed by atoms with E-state index in [1.807, 2.05) is 9.47 Å². The monoisotopic (exact) mass is 417 g/mol. The molecule has 1 aliphatic heterocycles. The molecule has 1 saturated carbocycles. The van der Waals surface area contributed by atoms with Crippen molar-refractivity contribution >= 4 is 22.7 Å². The van der Waals surface area contributed by atoms with Gasteiger partial charge in [-0.3, -0.25) is 9.69 Å². The summed E-state index contributed by atoms with van der Waals surface area (Å²) in [4.78, 5) is 28.1. The van der Waals surface area contributed by atoms with E-state index in [1.54, 1.807) is 6.07 Å². The highest BCUT2D eigenvalue weighted by Crippen LogP contribution is 2.39. The first-order valence-corrected chi connectivity index (χ1v) is 10.4. The first-order valence-electron chi connectivity index (χ1n) is 10.4. The quantitative estimate of drug-likeness (QED) is 0.765. The second kappa shape index (κ2) is 7.27. The molecule has 4 rings (SSSR count). The summed E-state index contributed by atoms with van der Waals surface area (Å²) >= 11 is 0. The Morgan fingerprint density at radius 2 is 1.93 bits per heavy atom. The van der Waals surface area contributed by atoms with Gasteiger partial charge in [0.15, 0.2) is 5.75 Å². The fourth-order valence-corrected chi connectivity index (χ4v) is 4.57. The molecule has 0 bridgehead atoms. The second-order valence-electron chi connectivity index (χ2n) is 9.31.